The first-order chi connectivity index (χ1) is 7.90. The number of nitrogens with one attached hydrogen (secondary N) is 2. The Bertz CT molecular complexity index is 410. The summed E-state index contributed by atoms with van der Waals surface area (Å²) in [5.41, 5.74) is 5.02. The van der Waals surface area contributed by atoms with Gasteiger partial charge in [0.25, 0.3) is 0 Å². The Labute approximate surface area is 95.8 Å². The molecule has 1 aliphatic heterocycles. The van der Waals surface area contributed by atoms with Crippen molar-refractivity contribution in [1.29, 1.82) is 0 Å². The first kappa shape index (κ1) is 10.8. The van der Waals surface area contributed by atoms with E-state index in [4.69, 9.17) is 4.84 Å². The first-order valence-corrected chi connectivity index (χ1v) is 5.44. The van der Waals surface area contributed by atoms with Gasteiger partial charge >= 0.3 is 0 Å². The second kappa shape index (κ2) is 5.37. The second-order valence-corrected chi connectivity index (χ2v) is 3.65. The molecule has 0 atom stereocenters. The van der Waals surface area contributed by atoms with Gasteiger partial charge in [-0.2, -0.15) is 0 Å². The van der Waals surface area contributed by atoms with Crippen molar-refractivity contribution < 1.29 is 4.84 Å². The van der Waals surface area contributed by atoms with Gasteiger partial charge in [-0.25, -0.2) is 5.48 Å². The van der Waals surface area contributed by atoms with Crippen molar-refractivity contribution in [2.24, 2.45) is 0 Å². The SMILES string of the molecule is CNCC/C=C/c1ccc2c(c1)C=CNO2. The summed E-state index contributed by atoms with van der Waals surface area (Å²) in [5.74, 6) is 0.870. The van der Waals surface area contributed by atoms with Crippen LogP contribution in [0.25, 0.3) is 12.2 Å². The van der Waals surface area contributed by atoms with Crippen LogP contribution in [-0.2, 0) is 0 Å². The number of benzene rings is 1. The Kier molecular flexibility index (Phi) is 3.62. The van der Waals surface area contributed by atoms with E-state index in [9.17, 15) is 0 Å². The van der Waals surface area contributed by atoms with Crippen LogP contribution in [0.2, 0.25) is 0 Å². The molecule has 2 rings (SSSR count). The van der Waals surface area contributed by atoms with Crippen LogP contribution in [-0.4, -0.2) is 13.6 Å². The number of hydroxylamine groups is 1. The minimum absolute atomic E-state index is 0.870. The average molecular weight is 216 g/mol. The molecule has 1 aliphatic rings. The standard InChI is InChI=1S/C13H16N2O/c1-14-8-3-2-4-11-5-6-13-12(10-11)7-9-15-16-13/h2,4-7,9-10,14-15H,3,8H2,1H3/b4-2+. The van der Waals surface area contributed by atoms with E-state index in [1.165, 1.54) is 5.56 Å². The lowest BCUT2D eigenvalue weighted by molar-refractivity contribution is 0.239. The van der Waals surface area contributed by atoms with Gasteiger partial charge in [0.2, 0.25) is 0 Å². The molecule has 1 aromatic rings. The van der Waals surface area contributed by atoms with E-state index in [0.717, 1.165) is 24.3 Å². The van der Waals surface area contributed by atoms with Gasteiger partial charge in [-0.05, 0) is 43.8 Å². The van der Waals surface area contributed by atoms with Crippen LogP contribution in [0.3, 0.4) is 0 Å². The lowest BCUT2D eigenvalue weighted by Crippen LogP contribution is -2.14. The fourth-order valence-electron chi connectivity index (χ4n) is 1.56. The van der Waals surface area contributed by atoms with Gasteiger partial charge in [0.15, 0.2) is 5.75 Å². The summed E-state index contributed by atoms with van der Waals surface area (Å²) in [5, 5.41) is 3.11. The predicted octanol–water partition coefficient (Wildman–Crippen LogP) is 2.18. The highest BCUT2D eigenvalue weighted by Crippen LogP contribution is 2.23. The molecule has 0 amide bonds. The van der Waals surface area contributed by atoms with Gasteiger partial charge in [-0.1, -0.05) is 18.2 Å². The Morgan fingerprint density at radius 1 is 1.44 bits per heavy atom. The largest absolute Gasteiger partial charge is 0.382 e. The summed E-state index contributed by atoms with van der Waals surface area (Å²) in [6, 6.07) is 6.14. The third-order valence-electron chi connectivity index (χ3n) is 2.40. The average Bonchev–Trinajstić information content (AvgIpc) is 2.34. The minimum Gasteiger partial charge on any atom is -0.382 e. The maximum Gasteiger partial charge on any atom is 0.162 e. The third-order valence-corrected chi connectivity index (χ3v) is 2.40. The van der Waals surface area contributed by atoms with Crippen LogP contribution in [0.5, 0.6) is 5.75 Å². The summed E-state index contributed by atoms with van der Waals surface area (Å²) >= 11 is 0. The Hall–Kier alpha value is -1.74. The molecule has 0 saturated heterocycles. The lowest BCUT2D eigenvalue weighted by Gasteiger charge is -2.12. The van der Waals surface area contributed by atoms with Gasteiger partial charge < -0.3 is 10.2 Å². The van der Waals surface area contributed by atoms with E-state index in [-0.39, 0.29) is 0 Å². The first-order valence-electron chi connectivity index (χ1n) is 5.44. The van der Waals surface area contributed by atoms with Gasteiger partial charge in [-0.3, -0.25) is 0 Å². The van der Waals surface area contributed by atoms with Crippen molar-refractivity contribution >= 4 is 12.2 Å². The molecule has 16 heavy (non-hydrogen) atoms. The summed E-state index contributed by atoms with van der Waals surface area (Å²) in [6.45, 7) is 1.01. The van der Waals surface area contributed by atoms with Gasteiger partial charge in [-0.15, -0.1) is 0 Å². The molecular formula is C13H16N2O. The predicted molar refractivity (Wildman–Crippen MR) is 66.8 cm³/mol. The maximum atomic E-state index is 5.25. The molecule has 1 heterocycles. The Morgan fingerprint density at radius 2 is 2.38 bits per heavy atom. The van der Waals surface area contributed by atoms with E-state index in [2.05, 4.69) is 35.1 Å². The maximum absolute atomic E-state index is 5.25. The normalized spacial score (nSPS) is 13.3. The Morgan fingerprint density at radius 3 is 3.25 bits per heavy atom. The molecule has 2 N–H and O–H groups in total. The van der Waals surface area contributed by atoms with Crippen molar-refractivity contribution in [3.8, 4) is 5.75 Å². The number of hydrogen-bond donors (Lipinski definition) is 2. The monoisotopic (exact) mass is 216 g/mol. The lowest BCUT2D eigenvalue weighted by atomic mass is 10.1. The zero-order valence-corrected chi connectivity index (χ0v) is 9.36. The fourth-order valence-corrected chi connectivity index (χ4v) is 1.56. The topological polar surface area (TPSA) is 33.3 Å². The van der Waals surface area contributed by atoms with E-state index < -0.39 is 0 Å². The van der Waals surface area contributed by atoms with Crippen LogP contribution >= 0.6 is 0 Å². The number of fused-ring (bicyclic) bond motifs is 1. The van der Waals surface area contributed by atoms with Crippen LogP contribution in [0.15, 0.2) is 30.5 Å². The smallest absolute Gasteiger partial charge is 0.162 e. The fraction of sp³-hybridized carbons (Fsp3) is 0.231. The molecule has 3 heteroatoms. The number of rotatable bonds is 4. The Balaban J connectivity index is 2.06. The highest BCUT2D eigenvalue weighted by molar-refractivity contribution is 5.64. The molecule has 0 radical (unpaired) electrons. The van der Waals surface area contributed by atoms with Crippen molar-refractivity contribution in [1.82, 2.24) is 10.8 Å². The third kappa shape index (κ3) is 2.64. The van der Waals surface area contributed by atoms with Crippen LogP contribution in [0, 0.1) is 0 Å². The molecule has 1 aromatic carbocycles. The molecule has 0 unspecified atom stereocenters. The van der Waals surface area contributed by atoms with Gasteiger partial charge in [0.1, 0.15) is 0 Å². The minimum atomic E-state index is 0.870. The van der Waals surface area contributed by atoms with Crippen molar-refractivity contribution in [2.75, 3.05) is 13.6 Å². The molecule has 3 nitrogen and oxygen atoms in total. The summed E-state index contributed by atoms with van der Waals surface area (Å²) in [7, 11) is 1.96. The van der Waals surface area contributed by atoms with E-state index in [0.29, 0.717) is 0 Å². The second-order valence-electron chi connectivity index (χ2n) is 3.65. The number of hydrogen-bond acceptors (Lipinski definition) is 3. The zero-order chi connectivity index (χ0) is 11.2. The van der Waals surface area contributed by atoms with E-state index in [1.807, 2.05) is 19.2 Å². The van der Waals surface area contributed by atoms with Crippen LogP contribution in [0.4, 0.5) is 0 Å². The molecule has 0 aromatic heterocycles. The molecule has 0 bridgehead atoms. The molecule has 0 aliphatic carbocycles. The summed E-state index contributed by atoms with van der Waals surface area (Å²) < 4.78 is 0. The van der Waals surface area contributed by atoms with E-state index >= 15 is 0 Å². The molecule has 84 valence electrons. The molecule has 0 saturated carbocycles. The highest BCUT2D eigenvalue weighted by Gasteiger charge is 2.04. The van der Waals surface area contributed by atoms with Gasteiger partial charge in [0.05, 0.1) is 0 Å². The zero-order valence-electron chi connectivity index (χ0n) is 9.36. The molecular weight excluding hydrogens is 200 g/mol. The van der Waals surface area contributed by atoms with Crippen molar-refractivity contribution in [3.05, 3.63) is 41.6 Å². The highest BCUT2D eigenvalue weighted by atomic mass is 16.6. The van der Waals surface area contributed by atoms with Crippen LogP contribution in [0.1, 0.15) is 17.5 Å². The quantitative estimate of drug-likeness (QED) is 0.757. The van der Waals surface area contributed by atoms with Crippen molar-refractivity contribution in [2.45, 2.75) is 6.42 Å². The molecule has 0 fully saturated rings. The van der Waals surface area contributed by atoms with Gasteiger partial charge in [0, 0.05) is 11.8 Å². The van der Waals surface area contributed by atoms with Crippen LogP contribution < -0.4 is 15.6 Å². The molecule has 0 spiro atoms. The summed E-state index contributed by atoms with van der Waals surface area (Å²) in [6.07, 6.45) is 9.14. The van der Waals surface area contributed by atoms with Crippen molar-refractivity contribution in [3.63, 3.8) is 0 Å². The van der Waals surface area contributed by atoms with E-state index in [1.54, 1.807) is 6.20 Å². The summed E-state index contributed by atoms with van der Waals surface area (Å²) in [4.78, 5) is 5.25.